The van der Waals surface area contributed by atoms with E-state index in [-0.39, 0.29) is 0 Å². The normalized spacial score (nSPS) is 32.8. The van der Waals surface area contributed by atoms with Crippen LogP contribution < -0.4 is 5.32 Å². The van der Waals surface area contributed by atoms with Crippen LogP contribution in [0.5, 0.6) is 0 Å². The lowest BCUT2D eigenvalue weighted by molar-refractivity contribution is 0.120. The van der Waals surface area contributed by atoms with Crippen LogP contribution in [-0.4, -0.2) is 49.8 Å². The van der Waals surface area contributed by atoms with E-state index in [4.69, 9.17) is 4.74 Å². The highest BCUT2D eigenvalue weighted by Gasteiger charge is 2.28. The molecular weight excluding hydrogens is 212 g/mol. The molecule has 0 aliphatic carbocycles. The molecule has 0 spiro atoms. The summed E-state index contributed by atoms with van der Waals surface area (Å²) in [5, 5.41) is 3.67. The molecule has 17 heavy (non-hydrogen) atoms. The van der Waals surface area contributed by atoms with Crippen molar-refractivity contribution in [1.82, 2.24) is 10.2 Å². The molecule has 2 rings (SSSR count). The first-order valence-electron chi connectivity index (χ1n) is 7.36. The van der Waals surface area contributed by atoms with Gasteiger partial charge in [-0.25, -0.2) is 0 Å². The Bertz CT molecular complexity index is 216. The summed E-state index contributed by atoms with van der Waals surface area (Å²) in [6.45, 7) is 10.1. The molecule has 2 fully saturated rings. The van der Waals surface area contributed by atoms with E-state index in [9.17, 15) is 0 Å². The van der Waals surface area contributed by atoms with Crippen LogP contribution in [0.3, 0.4) is 0 Å². The third-order valence-corrected chi connectivity index (χ3v) is 4.37. The minimum absolute atomic E-state index is 0.628. The van der Waals surface area contributed by atoms with Gasteiger partial charge in [0.25, 0.3) is 0 Å². The molecule has 100 valence electrons. The standard InChI is InChI=1S/C14H28N2O/c1-3-15-14(13-7-9-17-11-13)10-16-8-5-4-6-12(16)2/h12-15H,3-11H2,1-2H3. The third-order valence-electron chi connectivity index (χ3n) is 4.37. The Balaban J connectivity index is 1.86. The second kappa shape index (κ2) is 6.72. The minimum atomic E-state index is 0.628. The van der Waals surface area contributed by atoms with Crippen LogP contribution in [0.2, 0.25) is 0 Å². The predicted molar refractivity (Wildman–Crippen MR) is 71.3 cm³/mol. The Morgan fingerprint density at radius 2 is 2.24 bits per heavy atom. The van der Waals surface area contributed by atoms with E-state index in [1.807, 2.05) is 0 Å². The summed E-state index contributed by atoms with van der Waals surface area (Å²) < 4.78 is 5.54. The SMILES string of the molecule is CCNC(CN1CCCCC1C)C1CCOC1. The summed E-state index contributed by atoms with van der Waals surface area (Å²) in [5.41, 5.74) is 0. The molecule has 3 unspecified atom stereocenters. The molecule has 2 heterocycles. The first kappa shape index (κ1) is 13.3. The van der Waals surface area contributed by atoms with Crippen molar-refractivity contribution in [3.8, 4) is 0 Å². The van der Waals surface area contributed by atoms with Gasteiger partial charge in [0.05, 0.1) is 6.61 Å². The molecular formula is C14H28N2O. The molecule has 0 aromatic rings. The van der Waals surface area contributed by atoms with E-state index >= 15 is 0 Å². The van der Waals surface area contributed by atoms with Crippen molar-refractivity contribution >= 4 is 0 Å². The number of likely N-dealkylation sites (tertiary alicyclic amines) is 1. The molecule has 2 saturated heterocycles. The molecule has 3 atom stereocenters. The zero-order chi connectivity index (χ0) is 12.1. The van der Waals surface area contributed by atoms with E-state index in [1.54, 1.807) is 0 Å². The Labute approximate surface area is 106 Å². The molecule has 3 heteroatoms. The first-order valence-corrected chi connectivity index (χ1v) is 7.36. The summed E-state index contributed by atoms with van der Waals surface area (Å²) in [7, 11) is 0. The van der Waals surface area contributed by atoms with Crippen LogP contribution in [0, 0.1) is 5.92 Å². The number of ether oxygens (including phenoxy) is 1. The van der Waals surface area contributed by atoms with Crippen LogP contribution in [-0.2, 0) is 4.74 Å². The summed E-state index contributed by atoms with van der Waals surface area (Å²) in [4.78, 5) is 2.68. The van der Waals surface area contributed by atoms with Gasteiger partial charge in [-0.2, -0.15) is 0 Å². The molecule has 0 aromatic heterocycles. The topological polar surface area (TPSA) is 24.5 Å². The molecule has 1 N–H and O–H groups in total. The lowest BCUT2D eigenvalue weighted by atomic mass is 9.96. The summed E-state index contributed by atoms with van der Waals surface area (Å²) in [6.07, 6.45) is 5.40. The lowest BCUT2D eigenvalue weighted by Crippen LogP contribution is -2.49. The highest BCUT2D eigenvalue weighted by molar-refractivity contribution is 4.85. The van der Waals surface area contributed by atoms with Gasteiger partial charge in [-0.15, -0.1) is 0 Å². The van der Waals surface area contributed by atoms with Crippen molar-refractivity contribution in [2.45, 2.75) is 51.6 Å². The van der Waals surface area contributed by atoms with Crippen LogP contribution >= 0.6 is 0 Å². The van der Waals surface area contributed by atoms with Gasteiger partial charge in [-0.3, -0.25) is 4.90 Å². The third kappa shape index (κ3) is 3.67. The van der Waals surface area contributed by atoms with Crippen LogP contribution in [0.25, 0.3) is 0 Å². The molecule has 0 radical (unpaired) electrons. The van der Waals surface area contributed by atoms with Crippen molar-refractivity contribution in [2.24, 2.45) is 5.92 Å². The first-order chi connectivity index (χ1) is 8.31. The second-order valence-corrected chi connectivity index (χ2v) is 5.63. The number of rotatable bonds is 5. The van der Waals surface area contributed by atoms with Gasteiger partial charge in [0.1, 0.15) is 0 Å². The van der Waals surface area contributed by atoms with Gasteiger partial charge in [0, 0.05) is 31.2 Å². The van der Waals surface area contributed by atoms with Gasteiger partial charge < -0.3 is 10.1 Å². The van der Waals surface area contributed by atoms with E-state index < -0.39 is 0 Å². The molecule has 2 aliphatic heterocycles. The van der Waals surface area contributed by atoms with Crippen LogP contribution in [0.4, 0.5) is 0 Å². The van der Waals surface area contributed by atoms with Gasteiger partial charge in [0.15, 0.2) is 0 Å². The Morgan fingerprint density at radius 1 is 1.35 bits per heavy atom. The average Bonchev–Trinajstić information content (AvgIpc) is 2.85. The maximum atomic E-state index is 5.54. The molecule has 0 amide bonds. The fourth-order valence-electron chi connectivity index (χ4n) is 3.19. The van der Waals surface area contributed by atoms with E-state index in [0.717, 1.165) is 31.7 Å². The Hall–Kier alpha value is -0.120. The highest BCUT2D eigenvalue weighted by atomic mass is 16.5. The van der Waals surface area contributed by atoms with Crippen LogP contribution in [0.1, 0.15) is 39.5 Å². The van der Waals surface area contributed by atoms with Crippen LogP contribution in [0.15, 0.2) is 0 Å². The van der Waals surface area contributed by atoms with E-state index in [0.29, 0.717) is 6.04 Å². The summed E-state index contributed by atoms with van der Waals surface area (Å²) in [5.74, 6) is 0.726. The fourth-order valence-corrected chi connectivity index (χ4v) is 3.19. The molecule has 0 saturated carbocycles. The molecule has 3 nitrogen and oxygen atoms in total. The smallest absolute Gasteiger partial charge is 0.0510 e. The monoisotopic (exact) mass is 240 g/mol. The van der Waals surface area contributed by atoms with Crippen molar-refractivity contribution in [3.63, 3.8) is 0 Å². The number of nitrogens with zero attached hydrogens (tertiary/aromatic N) is 1. The van der Waals surface area contributed by atoms with Crippen molar-refractivity contribution in [2.75, 3.05) is 32.8 Å². The Morgan fingerprint density at radius 3 is 2.88 bits per heavy atom. The molecule has 2 aliphatic rings. The van der Waals surface area contributed by atoms with Crippen molar-refractivity contribution < 1.29 is 4.74 Å². The average molecular weight is 240 g/mol. The zero-order valence-electron chi connectivity index (χ0n) is 11.5. The molecule has 0 bridgehead atoms. The number of piperidine rings is 1. The highest BCUT2D eigenvalue weighted by Crippen LogP contribution is 2.21. The van der Waals surface area contributed by atoms with Gasteiger partial charge in [-0.1, -0.05) is 13.3 Å². The number of hydrogen-bond donors (Lipinski definition) is 1. The van der Waals surface area contributed by atoms with Crippen molar-refractivity contribution in [3.05, 3.63) is 0 Å². The summed E-state index contributed by atoms with van der Waals surface area (Å²) in [6, 6.07) is 1.40. The van der Waals surface area contributed by atoms with Gasteiger partial charge in [-0.05, 0) is 39.3 Å². The second-order valence-electron chi connectivity index (χ2n) is 5.63. The maximum Gasteiger partial charge on any atom is 0.0510 e. The number of hydrogen-bond acceptors (Lipinski definition) is 3. The van der Waals surface area contributed by atoms with Gasteiger partial charge in [0.2, 0.25) is 0 Å². The minimum Gasteiger partial charge on any atom is -0.381 e. The number of likely N-dealkylation sites (N-methyl/N-ethyl adjacent to an activating group) is 1. The zero-order valence-corrected chi connectivity index (χ0v) is 11.5. The largest absolute Gasteiger partial charge is 0.381 e. The summed E-state index contributed by atoms with van der Waals surface area (Å²) >= 11 is 0. The molecule has 0 aromatic carbocycles. The Kier molecular flexibility index (Phi) is 5.26. The fraction of sp³-hybridized carbons (Fsp3) is 1.00. The quantitative estimate of drug-likeness (QED) is 0.794. The predicted octanol–water partition coefficient (Wildman–Crippen LogP) is 1.88. The lowest BCUT2D eigenvalue weighted by Gasteiger charge is -2.37. The number of nitrogens with one attached hydrogen (secondary N) is 1. The van der Waals surface area contributed by atoms with E-state index in [1.165, 1.54) is 38.8 Å². The maximum absolute atomic E-state index is 5.54. The van der Waals surface area contributed by atoms with Crippen molar-refractivity contribution in [1.29, 1.82) is 0 Å². The van der Waals surface area contributed by atoms with Gasteiger partial charge >= 0.3 is 0 Å². The van der Waals surface area contributed by atoms with E-state index in [2.05, 4.69) is 24.1 Å².